The number of benzene rings is 2. The van der Waals surface area contributed by atoms with Crippen molar-refractivity contribution in [3.8, 4) is 0 Å². The highest BCUT2D eigenvalue weighted by molar-refractivity contribution is 6.15. The van der Waals surface area contributed by atoms with E-state index >= 15 is 0 Å². The second-order valence-electron chi connectivity index (χ2n) is 6.78. The van der Waals surface area contributed by atoms with Crippen molar-refractivity contribution in [3.05, 3.63) is 77.4 Å². The fourth-order valence-corrected chi connectivity index (χ4v) is 3.40. The number of carbonyl (C=O) groups is 3. The van der Waals surface area contributed by atoms with Gasteiger partial charge in [-0.3, -0.25) is 9.59 Å². The molecule has 8 heteroatoms. The number of carbonyl (C=O) groups excluding carboxylic acids is 3. The number of esters is 1. The monoisotopic (exact) mass is 407 g/mol. The summed E-state index contributed by atoms with van der Waals surface area (Å²) in [7, 11) is 1.18. The van der Waals surface area contributed by atoms with Gasteiger partial charge in [0.2, 0.25) is 0 Å². The molecule has 3 amide bonds. The van der Waals surface area contributed by atoms with E-state index in [0.717, 1.165) is 15.8 Å². The Morgan fingerprint density at radius 3 is 2.63 bits per heavy atom. The van der Waals surface area contributed by atoms with Gasteiger partial charge in [0.1, 0.15) is 18.1 Å². The van der Waals surface area contributed by atoms with E-state index in [-0.39, 0.29) is 11.5 Å². The molecule has 1 aliphatic heterocycles. The predicted molar refractivity (Wildman–Crippen MR) is 108 cm³/mol. The molecule has 1 fully saturated rings. The van der Waals surface area contributed by atoms with E-state index in [1.807, 2.05) is 28.8 Å². The van der Waals surface area contributed by atoms with E-state index in [2.05, 4.69) is 10.1 Å². The van der Waals surface area contributed by atoms with Crippen molar-refractivity contribution in [1.82, 2.24) is 14.8 Å². The number of hydrogen-bond donors (Lipinski definition) is 1. The van der Waals surface area contributed by atoms with Crippen LogP contribution in [0.25, 0.3) is 17.0 Å². The van der Waals surface area contributed by atoms with Crippen molar-refractivity contribution < 1.29 is 23.5 Å². The topological polar surface area (TPSA) is 80.6 Å². The Morgan fingerprint density at radius 1 is 1.13 bits per heavy atom. The largest absolute Gasteiger partial charge is 0.468 e. The maximum Gasteiger partial charge on any atom is 0.329 e. The summed E-state index contributed by atoms with van der Waals surface area (Å²) in [6.45, 7) is -0.154. The first kappa shape index (κ1) is 19.4. The molecule has 2 aromatic carbocycles. The van der Waals surface area contributed by atoms with Crippen molar-refractivity contribution in [2.24, 2.45) is 0 Å². The van der Waals surface area contributed by atoms with E-state index in [9.17, 15) is 18.8 Å². The number of amides is 3. The van der Waals surface area contributed by atoms with Gasteiger partial charge >= 0.3 is 12.0 Å². The van der Waals surface area contributed by atoms with E-state index in [1.165, 1.54) is 13.2 Å². The number of halogens is 1. The minimum Gasteiger partial charge on any atom is -0.468 e. The third kappa shape index (κ3) is 3.55. The summed E-state index contributed by atoms with van der Waals surface area (Å²) in [6, 6.07) is 13.4. The smallest absolute Gasteiger partial charge is 0.329 e. The Hall–Kier alpha value is -3.94. The molecule has 0 unspecified atom stereocenters. The Balaban J connectivity index is 1.70. The number of nitrogens with zero attached hydrogens (tertiary/aromatic N) is 2. The molecule has 0 spiro atoms. The SMILES string of the molecule is COC(=O)CN1C(=O)NC(=Cc2cn(Cc3ccccc3F)c3ccccc23)C1=O. The molecule has 3 aromatic rings. The average molecular weight is 407 g/mol. The number of imide groups is 1. The normalized spacial score (nSPS) is 15.1. The van der Waals surface area contributed by atoms with Gasteiger partial charge in [0.15, 0.2) is 0 Å². The van der Waals surface area contributed by atoms with Crippen LogP contribution in [0.5, 0.6) is 0 Å². The minimum atomic E-state index is -0.693. The summed E-state index contributed by atoms with van der Waals surface area (Å²) < 4.78 is 20.5. The molecule has 2 heterocycles. The summed E-state index contributed by atoms with van der Waals surface area (Å²) in [5, 5.41) is 3.33. The summed E-state index contributed by atoms with van der Waals surface area (Å²) >= 11 is 0. The van der Waals surface area contributed by atoms with Crippen LogP contribution in [0, 0.1) is 5.82 Å². The first-order chi connectivity index (χ1) is 14.5. The lowest BCUT2D eigenvalue weighted by atomic mass is 10.1. The maximum absolute atomic E-state index is 14.1. The molecule has 4 rings (SSSR count). The summed E-state index contributed by atoms with van der Waals surface area (Å²) in [5.41, 5.74) is 2.13. The number of hydrogen-bond acceptors (Lipinski definition) is 4. The molecular weight excluding hydrogens is 389 g/mol. The van der Waals surface area contributed by atoms with E-state index < -0.39 is 24.5 Å². The molecule has 0 saturated carbocycles. The fraction of sp³-hybridized carbons (Fsp3) is 0.136. The van der Waals surface area contributed by atoms with Crippen LogP contribution in [-0.4, -0.2) is 41.0 Å². The summed E-state index contributed by atoms with van der Waals surface area (Å²) in [6.07, 6.45) is 3.35. The number of para-hydroxylation sites is 1. The number of nitrogens with one attached hydrogen (secondary N) is 1. The zero-order valence-electron chi connectivity index (χ0n) is 16.1. The van der Waals surface area contributed by atoms with Crippen LogP contribution in [-0.2, 0) is 20.9 Å². The molecule has 0 radical (unpaired) electrons. The molecule has 152 valence electrons. The molecule has 1 aliphatic rings. The quantitative estimate of drug-likeness (QED) is 0.401. The van der Waals surface area contributed by atoms with Crippen LogP contribution in [0.3, 0.4) is 0 Å². The lowest BCUT2D eigenvalue weighted by Crippen LogP contribution is -2.36. The highest BCUT2D eigenvalue weighted by atomic mass is 19.1. The van der Waals surface area contributed by atoms with Gasteiger partial charge in [0, 0.05) is 28.2 Å². The van der Waals surface area contributed by atoms with Gasteiger partial charge in [0.05, 0.1) is 13.7 Å². The Bertz CT molecular complexity index is 1200. The Kier molecular flexibility index (Phi) is 5.05. The standard InChI is InChI=1S/C22H18FN3O4/c1-30-20(27)13-26-21(28)18(24-22(26)29)10-15-12-25(19-9-5-3-7-16(15)19)11-14-6-2-4-8-17(14)23/h2-10,12H,11,13H2,1H3,(H,24,29). The van der Waals surface area contributed by atoms with Crippen LogP contribution in [0.1, 0.15) is 11.1 Å². The highest BCUT2D eigenvalue weighted by Gasteiger charge is 2.35. The minimum absolute atomic E-state index is 0.0534. The lowest BCUT2D eigenvalue weighted by Gasteiger charge is -2.08. The van der Waals surface area contributed by atoms with Gasteiger partial charge in [-0.1, -0.05) is 36.4 Å². The molecule has 0 aliphatic carbocycles. The third-order valence-corrected chi connectivity index (χ3v) is 4.89. The van der Waals surface area contributed by atoms with Gasteiger partial charge in [0.25, 0.3) is 5.91 Å². The van der Waals surface area contributed by atoms with Crippen LogP contribution in [0.15, 0.2) is 60.4 Å². The molecule has 0 bridgehead atoms. The first-order valence-electron chi connectivity index (χ1n) is 9.20. The number of ether oxygens (including phenoxy) is 1. The molecule has 30 heavy (non-hydrogen) atoms. The van der Waals surface area contributed by atoms with Crippen molar-refractivity contribution in [3.63, 3.8) is 0 Å². The number of methoxy groups -OCH3 is 1. The van der Waals surface area contributed by atoms with E-state index in [4.69, 9.17) is 0 Å². The number of aromatic nitrogens is 1. The van der Waals surface area contributed by atoms with E-state index in [0.29, 0.717) is 17.7 Å². The number of fused-ring (bicyclic) bond motifs is 1. The zero-order chi connectivity index (χ0) is 21.3. The van der Waals surface area contributed by atoms with Crippen LogP contribution in [0.4, 0.5) is 9.18 Å². The molecule has 0 atom stereocenters. The number of urea groups is 1. The first-order valence-corrected chi connectivity index (χ1v) is 9.20. The van der Waals surface area contributed by atoms with Crippen molar-refractivity contribution in [1.29, 1.82) is 0 Å². The molecule has 1 saturated heterocycles. The third-order valence-electron chi connectivity index (χ3n) is 4.89. The van der Waals surface area contributed by atoms with Gasteiger partial charge < -0.3 is 14.6 Å². The van der Waals surface area contributed by atoms with Crippen LogP contribution < -0.4 is 5.32 Å². The van der Waals surface area contributed by atoms with Crippen LogP contribution >= 0.6 is 0 Å². The maximum atomic E-state index is 14.1. The Labute approximate surface area is 171 Å². The fourth-order valence-electron chi connectivity index (χ4n) is 3.40. The van der Waals surface area contributed by atoms with Crippen molar-refractivity contribution in [2.45, 2.75) is 6.54 Å². The molecule has 1 aromatic heterocycles. The number of rotatable bonds is 5. The summed E-state index contributed by atoms with van der Waals surface area (Å²) in [4.78, 5) is 36.9. The summed E-state index contributed by atoms with van der Waals surface area (Å²) in [5.74, 6) is -1.61. The highest BCUT2D eigenvalue weighted by Crippen LogP contribution is 2.26. The van der Waals surface area contributed by atoms with E-state index in [1.54, 1.807) is 30.5 Å². The zero-order valence-corrected chi connectivity index (χ0v) is 16.1. The lowest BCUT2D eigenvalue weighted by molar-refractivity contribution is -0.143. The molecule has 7 nitrogen and oxygen atoms in total. The van der Waals surface area contributed by atoms with Gasteiger partial charge in [-0.25, -0.2) is 14.1 Å². The predicted octanol–water partition coefficient (Wildman–Crippen LogP) is 2.89. The van der Waals surface area contributed by atoms with Gasteiger partial charge in [-0.15, -0.1) is 0 Å². The van der Waals surface area contributed by atoms with Crippen molar-refractivity contribution >= 4 is 34.9 Å². The second-order valence-corrected chi connectivity index (χ2v) is 6.78. The molecule has 1 N–H and O–H groups in total. The van der Waals surface area contributed by atoms with Crippen LogP contribution in [0.2, 0.25) is 0 Å². The molecular formula is C22H18FN3O4. The Morgan fingerprint density at radius 2 is 1.87 bits per heavy atom. The average Bonchev–Trinajstić information content (AvgIpc) is 3.22. The van der Waals surface area contributed by atoms with Gasteiger partial charge in [-0.05, 0) is 18.2 Å². The second kappa shape index (κ2) is 7.82. The van der Waals surface area contributed by atoms with Crippen molar-refractivity contribution in [2.75, 3.05) is 13.7 Å². The van der Waals surface area contributed by atoms with Gasteiger partial charge in [-0.2, -0.15) is 0 Å².